The van der Waals surface area contributed by atoms with E-state index in [1.165, 1.54) is 0 Å². The Morgan fingerprint density at radius 3 is 3.09 bits per heavy atom. The summed E-state index contributed by atoms with van der Waals surface area (Å²) in [4.78, 5) is 14.5. The lowest BCUT2D eigenvalue weighted by molar-refractivity contribution is -0.120. The predicted octanol–water partition coefficient (Wildman–Crippen LogP) is -0.132. The van der Waals surface area contributed by atoms with Crippen LogP contribution in [0, 0.1) is 0 Å². The van der Waals surface area contributed by atoms with Crippen LogP contribution >= 0.6 is 0 Å². The Labute approximate surface area is 64.4 Å². The maximum atomic E-state index is 10.7. The largest absolute Gasteiger partial charge is 0.273 e. The van der Waals surface area contributed by atoms with Crippen molar-refractivity contribution in [1.82, 2.24) is 15.1 Å². The molecule has 11 heavy (non-hydrogen) atoms. The fourth-order valence-electron chi connectivity index (χ4n) is 0.541. The Bertz CT molecular complexity index is 218. The minimum atomic E-state index is -0.0568. The molecule has 0 fully saturated rings. The Morgan fingerprint density at radius 2 is 2.55 bits per heavy atom. The second kappa shape index (κ2) is 3.60. The van der Waals surface area contributed by atoms with E-state index in [0.29, 0.717) is 6.42 Å². The molecule has 0 saturated carbocycles. The number of aromatic nitrogens is 2. The van der Waals surface area contributed by atoms with Gasteiger partial charge in [0, 0.05) is 18.8 Å². The molecule has 1 aromatic rings. The Balaban J connectivity index is 2.29. The molecule has 0 atom stereocenters. The topological polar surface area (TPSA) is 59.0 Å². The molecule has 0 aliphatic heterocycles. The van der Waals surface area contributed by atoms with Crippen LogP contribution in [0.1, 0.15) is 13.3 Å². The highest BCUT2D eigenvalue weighted by molar-refractivity contribution is 5.75. The maximum absolute atomic E-state index is 10.7. The smallest absolute Gasteiger partial charge is 0.239 e. The second-order valence-electron chi connectivity index (χ2n) is 1.98. The van der Waals surface area contributed by atoms with Crippen LogP contribution in [0.15, 0.2) is 18.7 Å². The van der Waals surface area contributed by atoms with Gasteiger partial charge in [-0.05, 0) is 0 Å². The molecule has 1 heterocycles. The number of amides is 1. The van der Waals surface area contributed by atoms with Gasteiger partial charge in [0.15, 0.2) is 0 Å². The highest BCUT2D eigenvalue weighted by atomic mass is 16.2. The predicted molar refractivity (Wildman–Crippen MR) is 40.0 cm³/mol. The minimum absolute atomic E-state index is 0.0568. The quantitative estimate of drug-likeness (QED) is 0.596. The summed E-state index contributed by atoms with van der Waals surface area (Å²) in [5.41, 5.74) is 5.10. The van der Waals surface area contributed by atoms with E-state index in [0.717, 1.165) is 0 Å². The molecular formula is C6H10N4O. The van der Waals surface area contributed by atoms with Gasteiger partial charge in [0.1, 0.15) is 6.33 Å². The summed E-state index contributed by atoms with van der Waals surface area (Å²) in [6.07, 6.45) is 5.32. The van der Waals surface area contributed by atoms with Crippen LogP contribution in [0.25, 0.3) is 0 Å². The molecule has 5 heteroatoms. The van der Waals surface area contributed by atoms with Crippen LogP contribution in [0.3, 0.4) is 0 Å². The monoisotopic (exact) mass is 154 g/mol. The van der Waals surface area contributed by atoms with Crippen LogP contribution in [0.5, 0.6) is 0 Å². The van der Waals surface area contributed by atoms with Crippen molar-refractivity contribution >= 4 is 5.91 Å². The average Bonchev–Trinajstić information content (AvgIpc) is 2.52. The molecule has 5 nitrogen and oxygen atoms in total. The first kappa shape index (κ1) is 7.59. The van der Waals surface area contributed by atoms with Gasteiger partial charge in [0.2, 0.25) is 5.91 Å². The van der Waals surface area contributed by atoms with Gasteiger partial charge in [0.25, 0.3) is 0 Å². The lowest BCUT2D eigenvalue weighted by Gasteiger charge is -2.06. The van der Waals surface area contributed by atoms with Gasteiger partial charge in [-0.2, -0.15) is 0 Å². The zero-order valence-electron chi connectivity index (χ0n) is 6.24. The second-order valence-corrected chi connectivity index (χ2v) is 1.98. The number of hydrogen-bond donors (Lipinski definition) is 2. The first-order valence-electron chi connectivity index (χ1n) is 3.35. The van der Waals surface area contributed by atoms with Crippen molar-refractivity contribution in [2.75, 3.05) is 5.53 Å². The summed E-state index contributed by atoms with van der Waals surface area (Å²) in [6, 6.07) is 0. The number of nitrogens with zero attached hydrogens (tertiary/aromatic N) is 2. The average molecular weight is 154 g/mol. The van der Waals surface area contributed by atoms with Gasteiger partial charge in [-0.3, -0.25) is 10.2 Å². The molecule has 60 valence electrons. The molecule has 0 unspecified atom stereocenters. The molecule has 1 aromatic heterocycles. The van der Waals surface area contributed by atoms with E-state index >= 15 is 0 Å². The molecule has 1 amide bonds. The number of hydrogen-bond acceptors (Lipinski definition) is 3. The van der Waals surface area contributed by atoms with Gasteiger partial charge < -0.3 is 0 Å². The summed E-state index contributed by atoms with van der Waals surface area (Å²) in [5.74, 6) is -0.0568. The fraction of sp³-hybridized carbons (Fsp3) is 0.333. The van der Waals surface area contributed by atoms with Crippen molar-refractivity contribution in [2.24, 2.45) is 0 Å². The van der Waals surface area contributed by atoms with Crippen molar-refractivity contribution in [1.29, 1.82) is 0 Å². The van der Waals surface area contributed by atoms with Gasteiger partial charge >= 0.3 is 0 Å². The Kier molecular flexibility index (Phi) is 2.48. The number of imidazole rings is 1. The third-order valence-electron chi connectivity index (χ3n) is 1.15. The zero-order chi connectivity index (χ0) is 8.10. The SMILES string of the molecule is CCC(=O)NNn1ccnc1. The van der Waals surface area contributed by atoms with E-state index in [1.54, 1.807) is 30.3 Å². The van der Waals surface area contributed by atoms with Crippen molar-refractivity contribution in [3.05, 3.63) is 18.7 Å². The summed E-state index contributed by atoms with van der Waals surface area (Å²) >= 11 is 0. The number of carbonyl (C=O) groups excluding carboxylic acids is 1. The zero-order valence-corrected chi connectivity index (χ0v) is 6.24. The van der Waals surface area contributed by atoms with E-state index < -0.39 is 0 Å². The number of nitrogens with one attached hydrogen (secondary N) is 2. The lowest BCUT2D eigenvalue weighted by Crippen LogP contribution is -2.34. The molecule has 0 aliphatic carbocycles. The molecule has 0 radical (unpaired) electrons. The Hall–Kier alpha value is -1.52. The van der Waals surface area contributed by atoms with Gasteiger partial charge in [-0.25, -0.2) is 15.2 Å². The van der Waals surface area contributed by atoms with Crippen molar-refractivity contribution in [3.63, 3.8) is 0 Å². The fourth-order valence-corrected chi connectivity index (χ4v) is 0.541. The van der Waals surface area contributed by atoms with Crippen molar-refractivity contribution in [2.45, 2.75) is 13.3 Å². The molecule has 1 rings (SSSR count). The molecule has 2 N–H and O–H groups in total. The number of rotatable bonds is 3. The van der Waals surface area contributed by atoms with E-state index in [2.05, 4.69) is 15.9 Å². The third-order valence-corrected chi connectivity index (χ3v) is 1.15. The molecule has 0 aliphatic rings. The summed E-state index contributed by atoms with van der Waals surface area (Å²) in [5, 5.41) is 0. The molecule has 0 saturated heterocycles. The first-order chi connectivity index (χ1) is 5.33. The molecular weight excluding hydrogens is 144 g/mol. The van der Waals surface area contributed by atoms with Crippen LogP contribution in [-0.4, -0.2) is 15.6 Å². The normalized spacial score (nSPS) is 9.18. The van der Waals surface area contributed by atoms with E-state index in [1.807, 2.05) is 0 Å². The Morgan fingerprint density at radius 1 is 1.73 bits per heavy atom. The number of hydrazine groups is 1. The van der Waals surface area contributed by atoms with E-state index in [9.17, 15) is 4.79 Å². The van der Waals surface area contributed by atoms with Crippen LogP contribution in [0.4, 0.5) is 0 Å². The third kappa shape index (κ3) is 2.29. The van der Waals surface area contributed by atoms with E-state index in [4.69, 9.17) is 0 Å². The number of carbonyl (C=O) groups is 1. The first-order valence-corrected chi connectivity index (χ1v) is 3.35. The van der Waals surface area contributed by atoms with Crippen molar-refractivity contribution in [3.8, 4) is 0 Å². The van der Waals surface area contributed by atoms with Gasteiger partial charge in [0.05, 0.1) is 0 Å². The summed E-state index contributed by atoms with van der Waals surface area (Å²) in [7, 11) is 0. The lowest BCUT2D eigenvalue weighted by atomic mass is 10.5. The molecule has 0 bridgehead atoms. The van der Waals surface area contributed by atoms with Gasteiger partial charge in [-0.1, -0.05) is 6.92 Å². The van der Waals surface area contributed by atoms with Crippen LogP contribution < -0.4 is 11.0 Å². The van der Waals surface area contributed by atoms with E-state index in [-0.39, 0.29) is 5.91 Å². The summed E-state index contributed by atoms with van der Waals surface area (Å²) < 4.78 is 1.55. The highest BCUT2D eigenvalue weighted by Crippen LogP contribution is 1.77. The van der Waals surface area contributed by atoms with Crippen LogP contribution in [0.2, 0.25) is 0 Å². The highest BCUT2D eigenvalue weighted by Gasteiger charge is 1.92. The minimum Gasteiger partial charge on any atom is -0.273 e. The van der Waals surface area contributed by atoms with Crippen LogP contribution in [-0.2, 0) is 4.79 Å². The molecule has 0 aromatic carbocycles. The summed E-state index contributed by atoms with van der Waals surface area (Å²) in [6.45, 7) is 1.78. The maximum Gasteiger partial charge on any atom is 0.239 e. The standard InChI is InChI=1S/C6H10N4O/c1-2-6(11)8-9-10-4-3-7-5-10/h3-5,9H,2H2,1H3,(H,8,11). The van der Waals surface area contributed by atoms with Crippen molar-refractivity contribution < 1.29 is 4.79 Å². The van der Waals surface area contributed by atoms with Gasteiger partial charge in [-0.15, -0.1) is 0 Å². The molecule has 0 spiro atoms.